The standard InChI is InChI=1S/C13H18ClNO3.C2HF3O2/c1-2-10(9-15-8-7-13(16)17)18-12-6-4-3-5-11(12)14;3-2(4,5)1(6)7/h3-6,10,15H,2,7-9H2,1H3,(H,16,17);(H,6,7). The predicted molar refractivity (Wildman–Crippen MR) is 85.0 cm³/mol. The number of alkyl halides is 3. The molecule has 0 saturated heterocycles. The normalized spacial score (nSPS) is 11.9. The first kappa shape index (κ1) is 23.0. The van der Waals surface area contributed by atoms with Gasteiger partial charge >= 0.3 is 18.1 Å². The number of aliphatic carboxylic acids is 2. The molecule has 3 N–H and O–H groups in total. The second-order valence-electron chi connectivity index (χ2n) is 4.73. The molecule has 0 saturated carbocycles. The van der Waals surface area contributed by atoms with E-state index < -0.39 is 18.1 Å². The maximum Gasteiger partial charge on any atom is 0.490 e. The van der Waals surface area contributed by atoms with E-state index in [1.165, 1.54) is 0 Å². The number of nitrogens with one attached hydrogen (secondary N) is 1. The Kier molecular flexibility index (Phi) is 10.6. The van der Waals surface area contributed by atoms with Gasteiger partial charge in [-0.3, -0.25) is 4.79 Å². The van der Waals surface area contributed by atoms with Gasteiger partial charge in [0.05, 0.1) is 11.4 Å². The Bertz CT molecular complexity index is 554. The van der Waals surface area contributed by atoms with Crippen LogP contribution in [0.25, 0.3) is 0 Å². The zero-order valence-corrected chi connectivity index (χ0v) is 14.1. The zero-order chi connectivity index (χ0) is 19.5. The Hall–Kier alpha value is -2.00. The van der Waals surface area contributed by atoms with Crippen molar-refractivity contribution in [2.24, 2.45) is 0 Å². The lowest BCUT2D eigenvalue weighted by molar-refractivity contribution is -0.192. The number of ether oxygens (including phenoxy) is 1. The highest BCUT2D eigenvalue weighted by molar-refractivity contribution is 6.32. The van der Waals surface area contributed by atoms with E-state index in [4.69, 9.17) is 31.3 Å². The second-order valence-corrected chi connectivity index (χ2v) is 5.14. The second kappa shape index (κ2) is 11.5. The highest BCUT2D eigenvalue weighted by Gasteiger charge is 2.38. The van der Waals surface area contributed by atoms with E-state index in [1.807, 2.05) is 25.1 Å². The van der Waals surface area contributed by atoms with Gasteiger partial charge in [0.25, 0.3) is 0 Å². The molecule has 1 atom stereocenters. The lowest BCUT2D eigenvalue weighted by Gasteiger charge is -2.18. The number of rotatable bonds is 8. The molecular weight excluding hydrogens is 367 g/mol. The molecule has 0 aliphatic rings. The minimum Gasteiger partial charge on any atom is -0.488 e. The zero-order valence-electron chi connectivity index (χ0n) is 13.3. The van der Waals surface area contributed by atoms with Crippen LogP contribution >= 0.6 is 11.6 Å². The van der Waals surface area contributed by atoms with Crippen molar-refractivity contribution in [2.45, 2.75) is 32.0 Å². The first-order chi connectivity index (χ1) is 11.6. The molecule has 1 aromatic rings. The van der Waals surface area contributed by atoms with Crippen LogP contribution in [-0.2, 0) is 9.59 Å². The van der Waals surface area contributed by atoms with E-state index >= 15 is 0 Å². The topological polar surface area (TPSA) is 95.9 Å². The summed E-state index contributed by atoms with van der Waals surface area (Å²) in [5, 5.41) is 19.3. The molecule has 0 amide bonds. The maximum absolute atomic E-state index is 10.6. The molecule has 0 aromatic heterocycles. The molecule has 0 spiro atoms. The first-order valence-electron chi connectivity index (χ1n) is 7.21. The molecule has 6 nitrogen and oxygen atoms in total. The molecular formula is C15H19ClF3NO5. The molecule has 1 unspecified atom stereocenters. The van der Waals surface area contributed by atoms with Crippen LogP contribution in [0.1, 0.15) is 19.8 Å². The summed E-state index contributed by atoms with van der Waals surface area (Å²) in [5.41, 5.74) is 0. The van der Waals surface area contributed by atoms with Crippen molar-refractivity contribution in [1.29, 1.82) is 0 Å². The van der Waals surface area contributed by atoms with E-state index in [1.54, 1.807) is 6.07 Å². The molecule has 142 valence electrons. The minimum atomic E-state index is -5.08. The summed E-state index contributed by atoms with van der Waals surface area (Å²) in [7, 11) is 0. The van der Waals surface area contributed by atoms with Gasteiger partial charge in [-0.05, 0) is 18.6 Å². The molecule has 1 aromatic carbocycles. The molecule has 0 aliphatic carbocycles. The molecule has 1 rings (SSSR count). The number of carboxylic acids is 2. The van der Waals surface area contributed by atoms with Gasteiger partial charge in [0, 0.05) is 13.1 Å². The van der Waals surface area contributed by atoms with Gasteiger partial charge in [0.2, 0.25) is 0 Å². The Morgan fingerprint density at radius 3 is 2.28 bits per heavy atom. The van der Waals surface area contributed by atoms with E-state index in [2.05, 4.69) is 5.32 Å². The summed E-state index contributed by atoms with van der Waals surface area (Å²) < 4.78 is 37.5. The van der Waals surface area contributed by atoms with Crippen LogP contribution in [0.5, 0.6) is 5.75 Å². The van der Waals surface area contributed by atoms with E-state index in [9.17, 15) is 18.0 Å². The Labute approximate surface area is 147 Å². The highest BCUT2D eigenvalue weighted by Crippen LogP contribution is 2.24. The molecule has 0 fully saturated rings. The third kappa shape index (κ3) is 11.2. The van der Waals surface area contributed by atoms with Gasteiger partial charge in [-0.2, -0.15) is 13.2 Å². The van der Waals surface area contributed by atoms with Crippen molar-refractivity contribution < 1.29 is 37.7 Å². The fraction of sp³-hybridized carbons (Fsp3) is 0.467. The summed E-state index contributed by atoms with van der Waals surface area (Å²) in [6.45, 7) is 3.06. The van der Waals surface area contributed by atoms with E-state index in [0.29, 0.717) is 23.9 Å². The number of benzene rings is 1. The van der Waals surface area contributed by atoms with Crippen molar-refractivity contribution >= 4 is 23.5 Å². The summed E-state index contributed by atoms with van der Waals surface area (Å²) in [4.78, 5) is 19.3. The fourth-order valence-corrected chi connectivity index (χ4v) is 1.63. The van der Waals surface area contributed by atoms with E-state index in [0.717, 1.165) is 6.42 Å². The van der Waals surface area contributed by atoms with Crippen LogP contribution in [0.15, 0.2) is 24.3 Å². The SMILES string of the molecule is CCC(CNCCC(=O)O)Oc1ccccc1Cl.O=C(O)C(F)(F)F. The van der Waals surface area contributed by atoms with E-state index in [-0.39, 0.29) is 12.5 Å². The third-order valence-electron chi connectivity index (χ3n) is 2.72. The Balaban J connectivity index is 0.000000697. The van der Waals surface area contributed by atoms with Gasteiger partial charge in [-0.25, -0.2) is 4.79 Å². The van der Waals surface area contributed by atoms with Crippen LogP contribution in [0.4, 0.5) is 13.2 Å². The van der Waals surface area contributed by atoms with Gasteiger partial charge in [0.15, 0.2) is 0 Å². The van der Waals surface area contributed by atoms with Crippen LogP contribution < -0.4 is 10.1 Å². The van der Waals surface area contributed by atoms with Crippen molar-refractivity contribution in [3.05, 3.63) is 29.3 Å². The lowest BCUT2D eigenvalue weighted by atomic mass is 10.2. The molecule has 0 heterocycles. The maximum atomic E-state index is 10.6. The number of carboxylic acid groups (broad SMARTS) is 2. The number of para-hydroxylation sites is 1. The van der Waals surface area contributed by atoms with Crippen LogP contribution in [0, 0.1) is 0 Å². The fourth-order valence-electron chi connectivity index (χ4n) is 1.45. The summed E-state index contributed by atoms with van der Waals surface area (Å²) in [6, 6.07) is 7.32. The number of hydrogen-bond donors (Lipinski definition) is 3. The molecule has 0 radical (unpaired) electrons. The van der Waals surface area contributed by atoms with Gasteiger partial charge in [-0.1, -0.05) is 30.7 Å². The average Bonchev–Trinajstić information content (AvgIpc) is 2.51. The number of halogens is 4. The summed E-state index contributed by atoms with van der Waals surface area (Å²) in [5.74, 6) is -2.90. The Morgan fingerprint density at radius 1 is 1.28 bits per heavy atom. The molecule has 0 aliphatic heterocycles. The monoisotopic (exact) mass is 385 g/mol. The number of carbonyl (C=O) groups is 2. The van der Waals surface area contributed by atoms with Crippen LogP contribution in [-0.4, -0.2) is 47.5 Å². The smallest absolute Gasteiger partial charge is 0.488 e. The van der Waals surface area contributed by atoms with Crippen molar-refractivity contribution in [2.75, 3.05) is 13.1 Å². The minimum absolute atomic E-state index is 0.0151. The highest BCUT2D eigenvalue weighted by atomic mass is 35.5. The molecule has 10 heteroatoms. The van der Waals surface area contributed by atoms with Gasteiger partial charge in [0.1, 0.15) is 11.9 Å². The summed E-state index contributed by atoms with van der Waals surface area (Å²) >= 11 is 6.01. The average molecular weight is 386 g/mol. The number of hydrogen-bond acceptors (Lipinski definition) is 4. The lowest BCUT2D eigenvalue weighted by Crippen LogP contribution is -2.32. The predicted octanol–water partition coefficient (Wildman–Crippen LogP) is 3.20. The quantitative estimate of drug-likeness (QED) is 0.595. The van der Waals surface area contributed by atoms with Crippen molar-refractivity contribution in [1.82, 2.24) is 5.32 Å². The first-order valence-corrected chi connectivity index (χ1v) is 7.59. The molecule has 0 bridgehead atoms. The summed E-state index contributed by atoms with van der Waals surface area (Å²) in [6.07, 6.45) is -4.16. The van der Waals surface area contributed by atoms with Crippen LogP contribution in [0.2, 0.25) is 5.02 Å². The van der Waals surface area contributed by atoms with Crippen molar-refractivity contribution in [3.63, 3.8) is 0 Å². The van der Waals surface area contributed by atoms with Gasteiger partial charge in [-0.15, -0.1) is 0 Å². The van der Waals surface area contributed by atoms with Gasteiger partial charge < -0.3 is 20.3 Å². The third-order valence-corrected chi connectivity index (χ3v) is 3.03. The Morgan fingerprint density at radius 2 is 1.84 bits per heavy atom. The van der Waals surface area contributed by atoms with Crippen LogP contribution in [0.3, 0.4) is 0 Å². The molecule has 25 heavy (non-hydrogen) atoms. The van der Waals surface area contributed by atoms with Crippen molar-refractivity contribution in [3.8, 4) is 5.75 Å². The largest absolute Gasteiger partial charge is 0.490 e.